The number of allylic oxidation sites excluding steroid dienone is 2. The number of phenolic OH excluding ortho intramolecular Hbond substituents is 1. The lowest BCUT2D eigenvalue weighted by molar-refractivity contribution is 0.103. The van der Waals surface area contributed by atoms with E-state index in [1.54, 1.807) is 85.0 Å². The normalized spacial score (nSPS) is 11.1. The summed E-state index contributed by atoms with van der Waals surface area (Å²) in [6.45, 7) is 0.464. The number of hydrogen-bond acceptors (Lipinski definition) is 5. The van der Waals surface area contributed by atoms with E-state index in [0.717, 1.165) is 22.3 Å². The SMILES string of the molecule is O=C(/C=C/c1ccccc1)c1ccc(OCc2cc(O)cc(COc3ccc(C(=O)/C=C/c4ccccc4)cc3)c2)cc1. The summed E-state index contributed by atoms with van der Waals surface area (Å²) in [6.07, 6.45) is 6.69. The summed E-state index contributed by atoms with van der Waals surface area (Å²) >= 11 is 0. The molecular weight excluding hydrogens is 536 g/mol. The molecule has 0 spiro atoms. The van der Waals surface area contributed by atoms with Gasteiger partial charge in [0.05, 0.1) is 0 Å². The van der Waals surface area contributed by atoms with E-state index in [1.165, 1.54) is 0 Å². The molecule has 1 N–H and O–H groups in total. The third-order valence-electron chi connectivity index (χ3n) is 6.58. The fourth-order valence-electron chi connectivity index (χ4n) is 4.34. The summed E-state index contributed by atoms with van der Waals surface area (Å²) in [5, 5.41) is 10.2. The van der Waals surface area contributed by atoms with Crippen molar-refractivity contribution in [3.05, 3.63) is 173 Å². The van der Waals surface area contributed by atoms with Gasteiger partial charge >= 0.3 is 0 Å². The first-order valence-electron chi connectivity index (χ1n) is 13.8. The third kappa shape index (κ3) is 8.65. The minimum atomic E-state index is -0.0887. The third-order valence-corrected chi connectivity index (χ3v) is 6.58. The molecule has 0 fully saturated rings. The molecule has 5 rings (SSSR count). The Morgan fingerprint density at radius 2 is 0.930 bits per heavy atom. The van der Waals surface area contributed by atoms with Crippen LogP contribution in [0.25, 0.3) is 12.2 Å². The van der Waals surface area contributed by atoms with Gasteiger partial charge in [-0.1, -0.05) is 72.8 Å². The summed E-state index contributed by atoms with van der Waals surface area (Å²) in [6, 6.07) is 38.4. The van der Waals surface area contributed by atoms with Crippen LogP contribution in [0, 0.1) is 0 Å². The first kappa shape index (κ1) is 28.8. The topological polar surface area (TPSA) is 72.8 Å². The smallest absolute Gasteiger partial charge is 0.185 e. The maximum absolute atomic E-state index is 12.5. The number of carbonyl (C=O) groups excluding carboxylic acids is 2. The monoisotopic (exact) mass is 566 g/mol. The van der Waals surface area contributed by atoms with Gasteiger partial charge in [0.15, 0.2) is 11.6 Å². The maximum atomic E-state index is 12.5. The van der Waals surface area contributed by atoms with Crippen molar-refractivity contribution in [1.29, 1.82) is 0 Å². The molecule has 0 saturated carbocycles. The van der Waals surface area contributed by atoms with Gasteiger partial charge in [-0.25, -0.2) is 0 Å². The molecule has 0 aliphatic rings. The average Bonchev–Trinajstić information content (AvgIpc) is 3.05. The number of phenols is 1. The zero-order chi connectivity index (χ0) is 29.9. The fraction of sp³-hybridized carbons (Fsp3) is 0.0526. The van der Waals surface area contributed by atoms with Crippen molar-refractivity contribution in [2.24, 2.45) is 0 Å². The highest BCUT2D eigenvalue weighted by Gasteiger charge is 2.07. The van der Waals surface area contributed by atoms with E-state index in [0.29, 0.717) is 22.6 Å². The first-order valence-corrected chi connectivity index (χ1v) is 13.8. The number of ether oxygens (including phenoxy) is 2. The lowest BCUT2D eigenvalue weighted by atomic mass is 10.1. The minimum Gasteiger partial charge on any atom is -0.508 e. The Balaban J connectivity index is 1.12. The summed E-state index contributed by atoms with van der Waals surface area (Å²) in [5.74, 6) is 1.15. The average molecular weight is 567 g/mol. The Labute approximate surface area is 251 Å². The molecule has 212 valence electrons. The van der Waals surface area contributed by atoms with Crippen LogP contribution in [-0.4, -0.2) is 16.7 Å². The Morgan fingerprint density at radius 3 is 1.33 bits per heavy atom. The molecule has 0 unspecified atom stereocenters. The molecule has 5 nitrogen and oxygen atoms in total. The van der Waals surface area contributed by atoms with E-state index >= 15 is 0 Å². The highest BCUT2D eigenvalue weighted by Crippen LogP contribution is 2.21. The number of aromatic hydroxyl groups is 1. The summed E-state index contributed by atoms with van der Waals surface area (Å²) in [4.78, 5) is 25.0. The molecule has 5 aromatic rings. The van der Waals surface area contributed by atoms with Crippen molar-refractivity contribution in [3.8, 4) is 17.2 Å². The van der Waals surface area contributed by atoms with E-state index in [-0.39, 0.29) is 30.5 Å². The number of benzene rings is 5. The largest absolute Gasteiger partial charge is 0.508 e. The summed E-state index contributed by atoms with van der Waals surface area (Å²) in [5.41, 5.74) is 4.61. The first-order chi connectivity index (χ1) is 21.0. The van der Waals surface area contributed by atoms with Gasteiger partial charge in [0.2, 0.25) is 0 Å². The molecule has 0 aromatic heterocycles. The van der Waals surface area contributed by atoms with Crippen molar-refractivity contribution >= 4 is 23.7 Å². The van der Waals surface area contributed by atoms with Gasteiger partial charge in [0.25, 0.3) is 0 Å². The lowest BCUT2D eigenvalue weighted by Crippen LogP contribution is -2.00. The Kier molecular flexibility index (Phi) is 9.58. The molecule has 0 saturated heterocycles. The van der Waals surface area contributed by atoms with Crippen LogP contribution in [0.4, 0.5) is 0 Å². The van der Waals surface area contributed by atoms with Crippen molar-refractivity contribution < 1.29 is 24.2 Å². The molecule has 0 heterocycles. The quantitative estimate of drug-likeness (QED) is 0.121. The molecule has 0 bridgehead atoms. The molecule has 0 aliphatic carbocycles. The van der Waals surface area contributed by atoms with Crippen LogP contribution >= 0.6 is 0 Å². The molecule has 0 amide bonds. The predicted octanol–water partition coefficient (Wildman–Crippen LogP) is 8.34. The van der Waals surface area contributed by atoms with Gasteiger partial charge in [0, 0.05) is 11.1 Å². The Hall–Kier alpha value is -5.68. The Morgan fingerprint density at radius 1 is 0.535 bits per heavy atom. The van der Waals surface area contributed by atoms with Crippen LogP contribution in [0.1, 0.15) is 43.0 Å². The van der Waals surface area contributed by atoms with Gasteiger partial charge in [0.1, 0.15) is 30.5 Å². The molecule has 5 aromatic carbocycles. The fourth-order valence-corrected chi connectivity index (χ4v) is 4.34. The number of hydrogen-bond donors (Lipinski definition) is 1. The van der Waals surface area contributed by atoms with E-state index in [2.05, 4.69) is 0 Å². The second-order valence-electron chi connectivity index (χ2n) is 9.85. The predicted molar refractivity (Wildman–Crippen MR) is 169 cm³/mol. The second-order valence-corrected chi connectivity index (χ2v) is 9.85. The summed E-state index contributed by atoms with van der Waals surface area (Å²) in [7, 11) is 0. The zero-order valence-corrected chi connectivity index (χ0v) is 23.4. The van der Waals surface area contributed by atoms with E-state index < -0.39 is 0 Å². The van der Waals surface area contributed by atoms with E-state index in [9.17, 15) is 14.7 Å². The van der Waals surface area contributed by atoms with Gasteiger partial charge in [-0.2, -0.15) is 0 Å². The van der Waals surface area contributed by atoms with Crippen molar-refractivity contribution in [1.82, 2.24) is 0 Å². The number of rotatable bonds is 12. The highest BCUT2D eigenvalue weighted by molar-refractivity contribution is 6.07. The summed E-state index contributed by atoms with van der Waals surface area (Å²) < 4.78 is 11.8. The van der Waals surface area contributed by atoms with E-state index in [4.69, 9.17) is 9.47 Å². The zero-order valence-electron chi connectivity index (χ0n) is 23.4. The van der Waals surface area contributed by atoms with Gasteiger partial charge in [-0.15, -0.1) is 0 Å². The van der Waals surface area contributed by atoms with Crippen LogP contribution in [0.3, 0.4) is 0 Å². The van der Waals surface area contributed by atoms with Crippen molar-refractivity contribution in [2.75, 3.05) is 0 Å². The molecule has 43 heavy (non-hydrogen) atoms. The minimum absolute atomic E-state index is 0.0887. The van der Waals surface area contributed by atoms with Crippen LogP contribution in [-0.2, 0) is 13.2 Å². The number of carbonyl (C=O) groups is 2. The highest BCUT2D eigenvalue weighted by atomic mass is 16.5. The van der Waals surface area contributed by atoms with E-state index in [1.807, 2.05) is 66.7 Å². The number of ketones is 2. The molecular formula is C38H30O5. The Bertz CT molecular complexity index is 1590. The second kappa shape index (κ2) is 14.3. The molecule has 0 atom stereocenters. The van der Waals surface area contributed by atoms with Gasteiger partial charge < -0.3 is 14.6 Å². The van der Waals surface area contributed by atoms with Crippen molar-refractivity contribution in [3.63, 3.8) is 0 Å². The van der Waals surface area contributed by atoms with Crippen LogP contribution in [0.5, 0.6) is 17.2 Å². The maximum Gasteiger partial charge on any atom is 0.185 e. The molecule has 0 aliphatic heterocycles. The van der Waals surface area contributed by atoms with Crippen LogP contribution < -0.4 is 9.47 Å². The van der Waals surface area contributed by atoms with Crippen LogP contribution in [0.15, 0.2) is 140 Å². The lowest BCUT2D eigenvalue weighted by Gasteiger charge is -2.11. The van der Waals surface area contributed by atoms with Gasteiger partial charge in [-0.05, 0) is 101 Å². The van der Waals surface area contributed by atoms with Gasteiger partial charge in [-0.3, -0.25) is 9.59 Å². The molecule has 0 radical (unpaired) electrons. The standard InChI is InChI=1S/C38H30O5/c39-34-24-30(26-42-35-17-13-32(14-18-35)37(40)21-11-28-7-3-1-4-8-28)23-31(25-34)27-43-36-19-15-33(16-20-36)38(41)22-12-29-9-5-2-6-10-29/h1-25,39H,26-27H2/b21-11+,22-12+. The molecule has 5 heteroatoms. The van der Waals surface area contributed by atoms with Crippen LogP contribution in [0.2, 0.25) is 0 Å². The van der Waals surface area contributed by atoms with Crippen molar-refractivity contribution in [2.45, 2.75) is 13.2 Å².